The van der Waals surface area contributed by atoms with Gasteiger partial charge in [-0.15, -0.1) is 0 Å². The van der Waals surface area contributed by atoms with Crippen LogP contribution in [-0.2, 0) is 9.59 Å². The summed E-state index contributed by atoms with van der Waals surface area (Å²) >= 11 is 9.29. The summed E-state index contributed by atoms with van der Waals surface area (Å²) in [6.07, 6.45) is 1.45. The minimum Gasteiger partial charge on any atom is -0.317 e. The van der Waals surface area contributed by atoms with Crippen molar-refractivity contribution in [2.45, 2.75) is 6.92 Å². The molecule has 118 valence electrons. The summed E-state index contributed by atoms with van der Waals surface area (Å²) in [5, 5.41) is 6.75. The van der Waals surface area contributed by atoms with Gasteiger partial charge in [-0.1, -0.05) is 45.7 Å². The Hall–Kier alpha value is -2.18. The van der Waals surface area contributed by atoms with E-state index in [0.717, 1.165) is 10.0 Å². The number of rotatable bonds is 3. The number of anilines is 1. The lowest BCUT2D eigenvalue weighted by molar-refractivity contribution is -0.136. The molecule has 23 heavy (non-hydrogen) atoms. The fourth-order valence-electron chi connectivity index (χ4n) is 1.73. The van der Waals surface area contributed by atoms with Crippen LogP contribution in [-0.4, -0.2) is 18.0 Å². The lowest BCUT2D eigenvalue weighted by atomic mass is 10.2. The van der Waals surface area contributed by atoms with Crippen LogP contribution >= 0.6 is 27.5 Å². The molecular formula is C16H13BrClN3O2. The van der Waals surface area contributed by atoms with Crippen LogP contribution in [0.15, 0.2) is 52.0 Å². The third kappa shape index (κ3) is 4.91. The largest absolute Gasteiger partial charge is 0.329 e. The van der Waals surface area contributed by atoms with Crippen molar-refractivity contribution in [3.05, 3.63) is 63.1 Å². The van der Waals surface area contributed by atoms with Crippen LogP contribution in [0, 0.1) is 6.92 Å². The zero-order chi connectivity index (χ0) is 16.8. The third-order valence-electron chi connectivity index (χ3n) is 2.95. The first kappa shape index (κ1) is 17.2. The van der Waals surface area contributed by atoms with Crippen molar-refractivity contribution in [1.82, 2.24) is 5.43 Å². The summed E-state index contributed by atoms with van der Waals surface area (Å²) in [6.45, 7) is 1.75. The Morgan fingerprint density at radius 1 is 1.17 bits per heavy atom. The number of nitrogens with zero attached hydrogens (tertiary/aromatic N) is 1. The van der Waals surface area contributed by atoms with E-state index in [1.807, 2.05) is 24.3 Å². The zero-order valence-electron chi connectivity index (χ0n) is 12.1. The zero-order valence-corrected chi connectivity index (χ0v) is 14.5. The molecule has 0 aliphatic carbocycles. The van der Waals surface area contributed by atoms with E-state index in [-0.39, 0.29) is 0 Å². The van der Waals surface area contributed by atoms with E-state index in [0.29, 0.717) is 16.3 Å². The molecule has 0 aliphatic heterocycles. The van der Waals surface area contributed by atoms with Crippen molar-refractivity contribution in [2.75, 3.05) is 5.32 Å². The molecule has 0 radical (unpaired) electrons. The van der Waals surface area contributed by atoms with Gasteiger partial charge in [0.15, 0.2) is 0 Å². The molecule has 0 aliphatic rings. The molecule has 2 aromatic rings. The maximum atomic E-state index is 11.8. The second kappa shape index (κ2) is 7.89. The van der Waals surface area contributed by atoms with Gasteiger partial charge in [0.05, 0.1) is 6.21 Å². The van der Waals surface area contributed by atoms with Gasteiger partial charge in [-0.2, -0.15) is 5.10 Å². The highest BCUT2D eigenvalue weighted by atomic mass is 79.9. The number of hydrogen-bond acceptors (Lipinski definition) is 3. The maximum Gasteiger partial charge on any atom is 0.329 e. The molecule has 5 nitrogen and oxygen atoms in total. The van der Waals surface area contributed by atoms with Crippen LogP contribution in [0.2, 0.25) is 5.02 Å². The van der Waals surface area contributed by atoms with Gasteiger partial charge in [-0.05, 0) is 42.3 Å². The van der Waals surface area contributed by atoms with Gasteiger partial charge in [0, 0.05) is 15.2 Å². The van der Waals surface area contributed by atoms with E-state index in [1.54, 1.807) is 25.1 Å². The molecule has 0 aromatic heterocycles. The molecule has 0 heterocycles. The molecule has 0 spiro atoms. The summed E-state index contributed by atoms with van der Waals surface area (Å²) in [7, 11) is 0. The van der Waals surface area contributed by atoms with Crippen LogP contribution in [0.4, 0.5) is 5.69 Å². The minimum absolute atomic E-state index is 0.480. The Morgan fingerprint density at radius 2 is 1.91 bits per heavy atom. The lowest BCUT2D eigenvalue weighted by Gasteiger charge is -2.08. The predicted molar refractivity (Wildman–Crippen MR) is 94.7 cm³/mol. The van der Waals surface area contributed by atoms with E-state index in [9.17, 15) is 9.59 Å². The number of halogens is 2. The van der Waals surface area contributed by atoms with Crippen molar-refractivity contribution in [3.8, 4) is 0 Å². The van der Waals surface area contributed by atoms with Crippen molar-refractivity contribution in [3.63, 3.8) is 0 Å². The predicted octanol–water partition coefficient (Wildman–Crippen LogP) is 3.50. The number of hydrogen-bond donors (Lipinski definition) is 2. The van der Waals surface area contributed by atoms with Gasteiger partial charge in [0.25, 0.3) is 0 Å². The van der Waals surface area contributed by atoms with Gasteiger partial charge in [-0.25, -0.2) is 5.43 Å². The summed E-state index contributed by atoms with van der Waals surface area (Å²) in [5.41, 5.74) is 4.13. The number of hydrazone groups is 1. The number of amides is 2. The van der Waals surface area contributed by atoms with Crippen LogP contribution in [0.25, 0.3) is 0 Å². The first-order chi connectivity index (χ1) is 11.0. The average Bonchev–Trinajstić information content (AvgIpc) is 2.51. The molecule has 2 amide bonds. The van der Waals surface area contributed by atoms with Gasteiger partial charge >= 0.3 is 11.8 Å². The normalized spacial score (nSPS) is 10.6. The van der Waals surface area contributed by atoms with Crippen molar-refractivity contribution >= 4 is 51.2 Å². The molecule has 0 bridgehead atoms. The second-order valence-corrected chi connectivity index (χ2v) is 5.94. The molecule has 7 heteroatoms. The number of nitrogens with one attached hydrogen (secondary N) is 2. The standard InChI is InChI=1S/C16H13BrClN3O2/c1-10-13(18)6-3-7-14(10)20-15(22)16(23)21-19-9-11-4-2-5-12(17)8-11/h2-9H,1H3,(H,20,22)(H,21,23)/b19-9-. The van der Waals surface area contributed by atoms with Gasteiger partial charge in [0.2, 0.25) is 0 Å². The molecule has 0 unspecified atom stereocenters. The molecule has 2 rings (SSSR count). The highest BCUT2D eigenvalue weighted by molar-refractivity contribution is 9.10. The molecule has 0 saturated heterocycles. The van der Waals surface area contributed by atoms with Gasteiger partial charge in [-0.3, -0.25) is 9.59 Å². The minimum atomic E-state index is -0.865. The SMILES string of the molecule is Cc1c(Cl)cccc1NC(=O)C(=O)N/N=C\c1cccc(Br)c1. The van der Waals surface area contributed by atoms with Crippen LogP contribution < -0.4 is 10.7 Å². The van der Waals surface area contributed by atoms with E-state index in [1.165, 1.54) is 6.21 Å². The van der Waals surface area contributed by atoms with Gasteiger partial charge in [0.1, 0.15) is 0 Å². The van der Waals surface area contributed by atoms with Crippen molar-refractivity contribution in [2.24, 2.45) is 5.10 Å². The first-order valence-corrected chi connectivity index (χ1v) is 7.79. The number of carbonyl (C=O) groups is 2. The summed E-state index contributed by atoms with van der Waals surface area (Å²) < 4.78 is 0.891. The summed E-state index contributed by atoms with van der Waals surface area (Å²) in [6, 6.07) is 12.4. The molecule has 0 fully saturated rings. The van der Waals surface area contributed by atoms with Crippen LogP contribution in [0.1, 0.15) is 11.1 Å². The van der Waals surface area contributed by atoms with Gasteiger partial charge < -0.3 is 5.32 Å². The topological polar surface area (TPSA) is 70.6 Å². The molecule has 0 saturated carbocycles. The Kier molecular flexibility index (Phi) is 5.90. The third-order valence-corrected chi connectivity index (χ3v) is 3.85. The van der Waals surface area contributed by atoms with E-state index >= 15 is 0 Å². The Morgan fingerprint density at radius 3 is 2.65 bits per heavy atom. The van der Waals surface area contributed by atoms with E-state index < -0.39 is 11.8 Å². The first-order valence-electron chi connectivity index (χ1n) is 6.62. The Balaban J connectivity index is 1.95. The smallest absolute Gasteiger partial charge is 0.317 e. The quantitative estimate of drug-likeness (QED) is 0.475. The Labute approximate surface area is 146 Å². The molecule has 0 atom stereocenters. The highest BCUT2D eigenvalue weighted by Gasteiger charge is 2.14. The van der Waals surface area contributed by atoms with E-state index in [2.05, 4.69) is 31.8 Å². The molecular weight excluding hydrogens is 382 g/mol. The molecule has 2 aromatic carbocycles. The number of carbonyl (C=O) groups excluding carboxylic acids is 2. The fraction of sp³-hybridized carbons (Fsp3) is 0.0625. The maximum absolute atomic E-state index is 11.8. The van der Waals surface area contributed by atoms with Crippen LogP contribution in [0.3, 0.4) is 0 Å². The Bertz CT molecular complexity index is 778. The second-order valence-electron chi connectivity index (χ2n) is 4.62. The summed E-state index contributed by atoms with van der Waals surface area (Å²) in [4.78, 5) is 23.5. The molecule has 2 N–H and O–H groups in total. The van der Waals surface area contributed by atoms with Crippen molar-refractivity contribution < 1.29 is 9.59 Å². The van der Waals surface area contributed by atoms with E-state index in [4.69, 9.17) is 11.6 Å². The fourth-order valence-corrected chi connectivity index (χ4v) is 2.32. The highest BCUT2D eigenvalue weighted by Crippen LogP contribution is 2.22. The lowest BCUT2D eigenvalue weighted by Crippen LogP contribution is -2.32. The summed E-state index contributed by atoms with van der Waals surface area (Å²) in [5.74, 6) is -1.68. The monoisotopic (exact) mass is 393 g/mol. The van der Waals surface area contributed by atoms with Crippen molar-refractivity contribution in [1.29, 1.82) is 0 Å². The average molecular weight is 395 g/mol. The van der Waals surface area contributed by atoms with Crippen LogP contribution in [0.5, 0.6) is 0 Å². The number of benzene rings is 2.